The number of rotatable bonds is 5. The largest absolute Gasteiger partial charge is 0.392 e. The van der Waals surface area contributed by atoms with Gasteiger partial charge in [0, 0.05) is 13.1 Å². The smallest absolute Gasteiger partial charge is 0.0631 e. The Hall–Kier alpha value is -0.0800. The van der Waals surface area contributed by atoms with E-state index < -0.39 is 0 Å². The van der Waals surface area contributed by atoms with Gasteiger partial charge in [-0.05, 0) is 49.5 Å². The topological polar surface area (TPSA) is 23.5 Å². The summed E-state index contributed by atoms with van der Waals surface area (Å²) in [5.41, 5.74) is 0.124. The zero-order chi connectivity index (χ0) is 13.2. The summed E-state index contributed by atoms with van der Waals surface area (Å²) < 4.78 is 0. The van der Waals surface area contributed by atoms with Crippen molar-refractivity contribution in [2.75, 3.05) is 19.6 Å². The molecule has 0 aromatic carbocycles. The van der Waals surface area contributed by atoms with Crippen LogP contribution in [0.3, 0.4) is 0 Å². The SMILES string of the molecule is CCN(CC1CCC1)CC1CCCC(C)(C)C1O. The van der Waals surface area contributed by atoms with Gasteiger partial charge in [-0.25, -0.2) is 0 Å². The Balaban J connectivity index is 1.85. The molecule has 0 aliphatic heterocycles. The van der Waals surface area contributed by atoms with Crippen LogP contribution in [-0.2, 0) is 0 Å². The molecule has 2 nitrogen and oxygen atoms in total. The van der Waals surface area contributed by atoms with Crippen molar-refractivity contribution >= 4 is 0 Å². The lowest BCUT2D eigenvalue weighted by Gasteiger charge is -2.43. The molecule has 2 unspecified atom stereocenters. The average molecular weight is 253 g/mol. The van der Waals surface area contributed by atoms with Crippen molar-refractivity contribution in [2.24, 2.45) is 17.3 Å². The maximum atomic E-state index is 10.5. The Bertz CT molecular complexity index is 260. The number of nitrogens with zero attached hydrogens (tertiary/aromatic N) is 1. The van der Waals surface area contributed by atoms with Crippen LogP contribution in [0.15, 0.2) is 0 Å². The zero-order valence-electron chi connectivity index (χ0n) is 12.5. The van der Waals surface area contributed by atoms with E-state index in [-0.39, 0.29) is 11.5 Å². The Morgan fingerprint density at radius 1 is 1.11 bits per heavy atom. The third-order valence-electron chi connectivity index (χ3n) is 5.32. The lowest BCUT2D eigenvalue weighted by molar-refractivity contribution is -0.0445. The fourth-order valence-corrected chi connectivity index (χ4v) is 3.66. The molecule has 106 valence electrons. The van der Waals surface area contributed by atoms with Crippen molar-refractivity contribution in [2.45, 2.75) is 65.4 Å². The van der Waals surface area contributed by atoms with E-state index in [9.17, 15) is 5.11 Å². The molecule has 0 radical (unpaired) electrons. The molecule has 2 atom stereocenters. The van der Waals surface area contributed by atoms with Crippen molar-refractivity contribution in [1.29, 1.82) is 0 Å². The Labute approximate surface area is 113 Å². The molecular formula is C16H31NO. The first kappa shape index (κ1) is 14.3. The summed E-state index contributed by atoms with van der Waals surface area (Å²) in [7, 11) is 0. The van der Waals surface area contributed by atoms with Gasteiger partial charge >= 0.3 is 0 Å². The number of aliphatic hydroxyl groups is 1. The van der Waals surface area contributed by atoms with Crippen LogP contribution >= 0.6 is 0 Å². The Kier molecular flexibility index (Phi) is 4.71. The van der Waals surface area contributed by atoms with Gasteiger partial charge in [0.25, 0.3) is 0 Å². The number of hydrogen-bond acceptors (Lipinski definition) is 2. The third-order valence-corrected chi connectivity index (χ3v) is 5.32. The highest BCUT2D eigenvalue weighted by Gasteiger charge is 2.38. The quantitative estimate of drug-likeness (QED) is 0.812. The average Bonchev–Trinajstić information content (AvgIpc) is 2.27. The molecule has 1 N–H and O–H groups in total. The van der Waals surface area contributed by atoms with E-state index >= 15 is 0 Å². The lowest BCUT2D eigenvalue weighted by Crippen LogP contribution is -2.46. The molecular weight excluding hydrogens is 222 g/mol. The minimum atomic E-state index is -0.110. The van der Waals surface area contributed by atoms with Crippen molar-refractivity contribution in [3.8, 4) is 0 Å². The molecule has 0 aromatic rings. The summed E-state index contributed by atoms with van der Waals surface area (Å²) in [6.07, 6.45) is 7.86. The van der Waals surface area contributed by atoms with E-state index in [0.717, 1.165) is 19.0 Å². The van der Waals surface area contributed by atoms with E-state index in [0.29, 0.717) is 5.92 Å². The van der Waals surface area contributed by atoms with Gasteiger partial charge in [-0.15, -0.1) is 0 Å². The van der Waals surface area contributed by atoms with Crippen LogP contribution in [0.25, 0.3) is 0 Å². The van der Waals surface area contributed by atoms with Crippen LogP contribution in [-0.4, -0.2) is 35.7 Å². The van der Waals surface area contributed by atoms with Gasteiger partial charge in [0.2, 0.25) is 0 Å². The van der Waals surface area contributed by atoms with Gasteiger partial charge in [-0.3, -0.25) is 0 Å². The Morgan fingerprint density at radius 3 is 2.39 bits per heavy atom. The summed E-state index contributed by atoms with van der Waals surface area (Å²) in [4.78, 5) is 2.58. The molecule has 0 saturated heterocycles. The van der Waals surface area contributed by atoms with Crippen molar-refractivity contribution in [3.05, 3.63) is 0 Å². The minimum Gasteiger partial charge on any atom is -0.392 e. The maximum absolute atomic E-state index is 10.5. The fraction of sp³-hybridized carbons (Fsp3) is 1.00. The zero-order valence-corrected chi connectivity index (χ0v) is 12.5. The highest BCUT2D eigenvalue weighted by molar-refractivity contribution is 4.89. The van der Waals surface area contributed by atoms with Crippen molar-refractivity contribution < 1.29 is 5.11 Å². The third kappa shape index (κ3) is 3.27. The summed E-state index contributed by atoms with van der Waals surface area (Å²) in [5.74, 6) is 1.44. The molecule has 2 aliphatic rings. The summed E-state index contributed by atoms with van der Waals surface area (Å²) >= 11 is 0. The van der Waals surface area contributed by atoms with E-state index in [4.69, 9.17) is 0 Å². The normalized spacial score (nSPS) is 32.5. The van der Waals surface area contributed by atoms with Gasteiger partial charge in [0.05, 0.1) is 6.10 Å². The maximum Gasteiger partial charge on any atom is 0.0631 e. The first-order valence-corrected chi connectivity index (χ1v) is 7.93. The van der Waals surface area contributed by atoms with Crippen LogP contribution in [0.5, 0.6) is 0 Å². The molecule has 2 saturated carbocycles. The van der Waals surface area contributed by atoms with E-state index in [1.54, 1.807) is 0 Å². The van der Waals surface area contributed by atoms with Crippen LogP contribution in [0.1, 0.15) is 59.3 Å². The van der Waals surface area contributed by atoms with Crippen LogP contribution in [0.2, 0.25) is 0 Å². The Morgan fingerprint density at radius 2 is 1.83 bits per heavy atom. The lowest BCUT2D eigenvalue weighted by atomic mass is 9.69. The highest BCUT2D eigenvalue weighted by atomic mass is 16.3. The predicted octanol–water partition coefficient (Wildman–Crippen LogP) is 3.30. The van der Waals surface area contributed by atoms with Crippen LogP contribution < -0.4 is 0 Å². The van der Waals surface area contributed by atoms with Crippen molar-refractivity contribution in [1.82, 2.24) is 4.90 Å². The molecule has 2 rings (SSSR count). The predicted molar refractivity (Wildman–Crippen MR) is 76.6 cm³/mol. The molecule has 2 aliphatic carbocycles. The van der Waals surface area contributed by atoms with E-state index in [2.05, 4.69) is 25.7 Å². The second-order valence-electron chi connectivity index (χ2n) is 7.23. The number of aliphatic hydroxyl groups excluding tert-OH is 1. The first-order valence-electron chi connectivity index (χ1n) is 7.93. The standard InChI is InChI=1S/C16H31NO/c1-4-17(11-13-7-5-8-13)12-14-9-6-10-16(2,3)15(14)18/h13-15,18H,4-12H2,1-3H3. The fourth-order valence-electron chi connectivity index (χ4n) is 3.66. The van der Waals surface area contributed by atoms with Gasteiger partial charge < -0.3 is 10.0 Å². The molecule has 0 aromatic heterocycles. The highest BCUT2D eigenvalue weighted by Crippen LogP contribution is 2.39. The molecule has 0 spiro atoms. The van der Waals surface area contributed by atoms with Gasteiger partial charge in [-0.1, -0.05) is 33.6 Å². The van der Waals surface area contributed by atoms with Crippen LogP contribution in [0.4, 0.5) is 0 Å². The first-order chi connectivity index (χ1) is 8.53. The second kappa shape index (κ2) is 5.92. The van der Waals surface area contributed by atoms with Gasteiger partial charge in [0.1, 0.15) is 0 Å². The van der Waals surface area contributed by atoms with E-state index in [1.807, 2.05) is 0 Å². The minimum absolute atomic E-state index is 0.110. The molecule has 0 heterocycles. The second-order valence-corrected chi connectivity index (χ2v) is 7.23. The molecule has 0 bridgehead atoms. The summed E-state index contributed by atoms with van der Waals surface area (Å²) in [6.45, 7) is 10.2. The van der Waals surface area contributed by atoms with Gasteiger partial charge in [-0.2, -0.15) is 0 Å². The number of hydrogen-bond donors (Lipinski definition) is 1. The molecule has 18 heavy (non-hydrogen) atoms. The monoisotopic (exact) mass is 253 g/mol. The summed E-state index contributed by atoms with van der Waals surface area (Å²) in [5, 5.41) is 10.5. The molecule has 2 fully saturated rings. The van der Waals surface area contributed by atoms with Gasteiger partial charge in [0.15, 0.2) is 0 Å². The van der Waals surface area contributed by atoms with Crippen LogP contribution in [0, 0.1) is 17.3 Å². The van der Waals surface area contributed by atoms with Crippen molar-refractivity contribution in [3.63, 3.8) is 0 Å². The molecule has 2 heteroatoms. The van der Waals surface area contributed by atoms with E-state index in [1.165, 1.54) is 45.1 Å². The summed E-state index contributed by atoms with van der Waals surface area (Å²) in [6, 6.07) is 0. The molecule has 0 amide bonds.